The number of amides is 1. The smallest absolute Gasteiger partial charge is 0.241 e. The van der Waals surface area contributed by atoms with E-state index in [2.05, 4.69) is 28.4 Å². The van der Waals surface area contributed by atoms with Crippen LogP contribution in [0.1, 0.15) is 37.8 Å². The summed E-state index contributed by atoms with van der Waals surface area (Å²) in [5, 5.41) is 3.15. The Morgan fingerprint density at radius 2 is 1.93 bits per heavy atom. The second kappa shape index (κ2) is 9.67. The lowest BCUT2D eigenvalue weighted by Crippen LogP contribution is -2.49. The lowest BCUT2D eigenvalue weighted by Gasteiger charge is -2.35. The Hall–Kier alpha value is -2.17. The number of carbonyl (C=O) groups is 1. The van der Waals surface area contributed by atoms with Crippen LogP contribution < -0.4 is 5.32 Å². The minimum Gasteiger partial charge on any atom is -0.377 e. The molecule has 144 valence electrons. The second-order valence-electron chi connectivity index (χ2n) is 7.20. The van der Waals surface area contributed by atoms with Gasteiger partial charge in [0.2, 0.25) is 5.91 Å². The molecule has 1 amide bonds. The highest BCUT2D eigenvalue weighted by atomic mass is 16.5. The molecule has 1 aliphatic rings. The van der Waals surface area contributed by atoms with Crippen LogP contribution in [-0.4, -0.2) is 42.6 Å². The van der Waals surface area contributed by atoms with Gasteiger partial charge in [0.25, 0.3) is 0 Å². The number of likely N-dealkylation sites (tertiary alicyclic amines) is 1. The highest BCUT2D eigenvalue weighted by Gasteiger charge is 2.27. The summed E-state index contributed by atoms with van der Waals surface area (Å²) in [6.07, 6.45) is 3.21. The molecule has 2 aromatic rings. The SMILES string of the molecule is CCOC1CCCN(C(C)C(=O)Nc2ccccc2Cc2ccccc2)C1. The number of para-hydroxylation sites is 1. The van der Waals surface area contributed by atoms with E-state index >= 15 is 0 Å². The van der Waals surface area contributed by atoms with Gasteiger partial charge in [-0.3, -0.25) is 9.69 Å². The van der Waals surface area contributed by atoms with Crippen LogP contribution >= 0.6 is 0 Å². The summed E-state index contributed by atoms with van der Waals surface area (Å²) in [4.78, 5) is 15.1. The Morgan fingerprint density at radius 1 is 1.19 bits per heavy atom. The number of anilines is 1. The summed E-state index contributed by atoms with van der Waals surface area (Å²) in [7, 11) is 0. The van der Waals surface area contributed by atoms with E-state index in [1.54, 1.807) is 0 Å². The topological polar surface area (TPSA) is 41.6 Å². The van der Waals surface area contributed by atoms with Gasteiger partial charge in [-0.25, -0.2) is 0 Å². The van der Waals surface area contributed by atoms with E-state index in [-0.39, 0.29) is 18.1 Å². The van der Waals surface area contributed by atoms with Crippen molar-refractivity contribution in [3.63, 3.8) is 0 Å². The molecule has 0 aliphatic carbocycles. The van der Waals surface area contributed by atoms with Crippen molar-refractivity contribution >= 4 is 11.6 Å². The standard InChI is InChI=1S/C23H30N2O2/c1-3-27-21-13-9-15-25(17-21)18(2)23(26)24-22-14-8-7-12-20(22)16-19-10-5-4-6-11-19/h4-8,10-12,14,18,21H,3,9,13,15-17H2,1-2H3,(H,24,26). The number of ether oxygens (including phenoxy) is 1. The third kappa shape index (κ3) is 5.41. The molecule has 0 saturated carbocycles. The Morgan fingerprint density at radius 3 is 2.70 bits per heavy atom. The van der Waals surface area contributed by atoms with Crippen LogP contribution in [0, 0.1) is 0 Å². The molecule has 2 atom stereocenters. The van der Waals surface area contributed by atoms with Gasteiger partial charge in [-0.1, -0.05) is 48.5 Å². The van der Waals surface area contributed by atoms with Crippen molar-refractivity contribution in [2.75, 3.05) is 25.0 Å². The minimum atomic E-state index is -0.168. The van der Waals surface area contributed by atoms with E-state index < -0.39 is 0 Å². The number of benzene rings is 2. The number of nitrogens with zero attached hydrogens (tertiary/aromatic N) is 1. The zero-order valence-corrected chi connectivity index (χ0v) is 16.4. The van der Waals surface area contributed by atoms with Gasteiger partial charge in [0.1, 0.15) is 0 Å². The molecule has 1 aliphatic heterocycles. The Balaban J connectivity index is 1.65. The summed E-state index contributed by atoms with van der Waals surface area (Å²) in [6.45, 7) is 6.52. The van der Waals surface area contributed by atoms with Crippen LogP contribution in [0.4, 0.5) is 5.69 Å². The van der Waals surface area contributed by atoms with E-state index in [0.717, 1.165) is 50.2 Å². The molecule has 3 rings (SSSR count). The first kappa shape index (κ1) is 19.6. The average Bonchev–Trinajstić information content (AvgIpc) is 2.70. The first-order chi connectivity index (χ1) is 13.2. The lowest BCUT2D eigenvalue weighted by molar-refractivity contribution is -0.122. The zero-order chi connectivity index (χ0) is 19.1. The molecule has 2 unspecified atom stereocenters. The first-order valence-electron chi connectivity index (χ1n) is 9.95. The molecule has 1 N–H and O–H groups in total. The molecule has 0 spiro atoms. The molecular formula is C23H30N2O2. The van der Waals surface area contributed by atoms with Gasteiger partial charge in [-0.15, -0.1) is 0 Å². The van der Waals surface area contributed by atoms with Crippen LogP contribution in [0.3, 0.4) is 0 Å². The van der Waals surface area contributed by atoms with Crippen molar-refractivity contribution in [1.29, 1.82) is 0 Å². The Bertz CT molecular complexity index is 730. The molecule has 4 nitrogen and oxygen atoms in total. The van der Waals surface area contributed by atoms with Gasteiger partial charge < -0.3 is 10.1 Å². The predicted octanol–water partition coefficient (Wildman–Crippen LogP) is 4.11. The molecule has 2 aromatic carbocycles. The summed E-state index contributed by atoms with van der Waals surface area (Å²) in [5.41, 5.74) is 3.27. The molecule has 0 aromatic heterocycles. The molecule has 27 heavy (non-hydrogen) atoms. The fourth-order valence-electron chi connectivity index (χ4n) is 3.70. The minimum absolute atomic E-state index is 0.0488. The quantitative estimate of drug-likeness (QED) is 0.802. The molecule has 1 heterocycles. The highest BCUT2D eigenvalue weighted by molar-refractivity contribution is 5.95. The average molecular weight is 367 g/mol. The molecule has 4 heteroatoms. The monoisotopic (exact) mass is 366 g/mol. The Kier molecular flexibility index (Phi) is 7.02. The molecule has 1 saturated heterocycles. The van der Waals surface area contributed by atoms with E-state index in [0.29, 0.717) is 0 Å². The molecular weight excluding hydrogens is 336 g/mol. The van der Waals surface area contributed by atoms with Crippen molar-refractivity contribution in [2.24, 2.45) is 0 Å². The van der Waals surface area contributed by atoms with Gasteiger partial charge in [0.15, 0.2) is 0 Å². The molecule has 0 bridgehead atoms. The van der Waals surface area contributed by atoms with Gasteiger partial charge in [-0.05, 0) is 56.8 Å². The van der Waals surface area contributed by atoms with Gasteiger partial charge in [0.05, 0.1) is 12.1 Å². The van der Waals surface area contributed by atoms with Gasteiger partial charge >= 0.3 is 0 Å². The zero-order valence-electron chi connectivity index (χ0n) is 16.4. The summed E-state index contributed by atoms with van der Waals surface area (Å²) in [5.74, 6) is 0.0488. The van der Waals surface area contributed by atoms with E-state index in [1.807, 2.05) is 50.2 Å². The van der Waals surface area contributed by atoms with Crippen LogP contribution in [0.2, 0.25) is 0 Å². The third-order valence-electron chi connectivity index (χ3n) is 5.25. The maximum absolute atomic E-state index is 12.9. The first-order valence-corrected chi connectivity index (χ1v) is 9.95. The van der Waals surface area contributed by atoms with E-state index in [4.69, 9.17) is 4.74 Å². The van der Waals surface area contributed by atoms with Crippen molar-refractivity contribution in [3.05, 3.63) is 65.7 Å². The molecule has 0 radical (unpaired) electrons. The van der Waals surface area contributed by atoms with Crippen molar-refractivity contribution in [2.45, 2.75) is 45.3 Å². The lowest BCUT2D eigenvalue weighted by atomic mass is 10.0. The fourth-order valence-corrected chi connectivity index (χ4v) is 3.70. The van der Waals surface area contributed by atoms with Crippen LogP contribution in [0.15, 0.2) is 54.6 Å². The predicted molar refractivity (Wildman–Crippen MR) is 110 cm³/mol. The van der Waals surface area contributed by atoms with Crippen molar-refractivity contribution in [3.8, 4) is 0 Å². The number of hydrogen-bond donors (Lipinski definition) is 1. The van der Waals surface area contributed by atoms with Gasteiger partial charge in [0, 0.05) is 18.8 Å². The largest absolute Gasteiger partial charge is 0.377 e. The maximum atomic E-state index is 12.9. The van der Waals surface area contributed by atoms with E-state index in [1.165, 1.54) is 5.56 Å². The normalized spacial score (nSPS) is 18.8. The van der Waals surface area contributed by atoms with Crippen LogP contribution in [0.5, 0.6) is 0 Å². The summed E-state index contributed by atoms with van der Waals surface area (Å²) < 4.78 is 5.77. The molecule has 1 fully saturated rings. The highest BCUT2D eigenvalue weighted by Crippen LogP contribution is 2.21. The van der Waals surface area contributed by atoms with E-state index in [9.17, 15) is 4.79 Å². The summed E-state index contributed by atoms with van der Waals surface area (Å²) in [6, 6.07) is 18.2. The second-order valence-corrected chi connectivity index (χ2v) is 7.20. The maximum Gasteiger partial charge on any atom is 0.241 e. The third-order valence-corrected chi connectivity index (χ3v) is 5.25. The van der Waals surface area contributed by atoms with Gasteiger partial charge in [-0.2, -0.15) is 0 Å². The van der Waals surface area contributed by atoms with Crippen LogP contribution in [-0.2, 0) is 16.0 Å². The number of carbonyl (C=O) groups excluding carboxylic acids is 1. The van der Waals surface area contributed by atoms with Crippen LogP contribution in [0.25, 0.3) is 0 Å². The van der Waals surface area contributed by atoms with Crippen molar-refractivity contribution in [1.82, 2.24) is 4.90 Å². The summed E-state index contributed by atoms with van der Waals surface area (Å²) >= 11 is 0. The number of nitrogens with one attached hydrogen (secondary N) is 1. The Labute approximate surface area is 162 Å². The van der Waals surface area contributed by atoms with Crippen molar-refractivity contribution < 1.29 is 9.53 Å². The fraction of sp³-hybridized carbons (Fsp3) is 0.435. The number of hydrogen-bond acceptors (Lipinski definition) is 3. The number of piperidine rings is 1. The number of rotatable bonds is 7.